The summed E-state index contributed by atoms with van der Waals surface area (Å²) < 4.78 is 331. The minimum atomic E-state index is -8.22. The maximum Gasteiger partial charge on any atom is 0.384 e. The van der Waals surface area contributed by atoms with Gasteiger partial charge in [0.2, 0.25) is 0 Å². The molecular formula is C22H12F24N2O6. The van der Waals surface area contributed by atoms with Gasteiger partial charge in [0.1, 0.15) is 0 Å². The summed E-state index contributed by atoms with van der Waals surface area (Å²) in [6.07, 6.45) is -11.9. The first-order valence-electron chi connectivity index (χ1n) is 12.4. The number of halogens is 24. The van der Waals surface area contributed by atoms with Crippen LogP contribution in [0.2, 0.25) is 0 Å². The molecule has 0 spiro atoms. The van der Waals surface area contributed by atoms with Gasteiger partial charge in [0.05, 0.1) is 11.1 Å². The molecule has 314 valence electrons. The second-order valence-corrected chi connectivity index (χ2v) is 9.94. The van der Waals surface area contributed by atoms with Gasteiger partial charge in [0.25, 0.3) is 0 Å². The minimum Gasteiger partial charge on any atom is -0.483 e. The third kappa shape index (κ3) is 7.36. The lowest BCUT2D eigenvalue weighted by Gasteiger charge is -2.39. The Bertz CT molecular complexity index is 1420. The largest absolute Gasteiger partial charge is 0.483 e. The van der Waals surface area contributed by atoms with Crippen molar-refractivity contribution in [3.05, 3.63) is 23.3 Å². The van der Waals surface area contributed by atoms with Crippen molar-refractivity contribution in [1.82, 2.24) is 0 Å². The quantitative estimate of drug-likeness (QED) is 0.116. The highest BCUT2D eigenvalue weighted by atomic mass is 19.4. The topological polar surface area (TPSA) is 123 Å². The second kappa shape index (κ2) is 14.6. The Labute approximate surface area is 279 Å². The Morgan fingerprint density at radius 2 is 0.704 bits per heavy atom. The van der Waals surface area contributed by atoms with E-state index in [1.165, 1.54) is 0 Å². The predicted octanol–water partition coefficient (Wildman–Crippen LogP) is 7.39. The molecule has 0 heterocycles. The fourth-order valence-corrected chi connectivity index (χ4v) is 3.31. The van der Waals surface area contributed by atoms with Crippen molar-refractivity contribution in [2.75, 3.05) is 13.2 Å². The van der Waals surface area contributed by atoms with Gasteiger partial charge < -0.3 is 19.1 Å². The highest BCUT2D eigenvalue weighted by Crippen LogP contribution is 2.60. The van der Waals surface area contributed by atoms with Gasteiger partial charge in [-0.2, -0.15) is 99.6 Å². The zero-order valence-electron chi connectivity index (χ0n) is 24.4. The van der Waals surface area contributed by atoms with Gasteiger partial charge in [-0.3, -0.25) is 0 Å². The van der Waals surface area contributed by atoms with E-state index in [0.717, 1.165) is 0 Å². The Hall–Kier alpha value is -4.00. The van der Waals surface area contributed by atoms with E-state index in [2.05, 4.69) is 30.9 Å². The molecule has 0 unspecified atom stereocenters. The van der Waals surface area contributed by atoms with Crippen molar-refractivity contribution in [2.24, 2.45) is 11.8 Å². The maximum atomic E-state index is 14.3. The van der Waals surface area contributed by atoms with E-state index in [1.807, 2.05) is 0 Å². The van der Waals surface area contributed by atoms with Gasteiger partial charge in [0, 0.05) is 0 Å². The number of carbonyl (C=O) groups excluding carboxylic acids is 2. The van der Waals surface area contributed by atoms with E-state index < -0.39 is 132 Å². The summed E-state index contributed by atoms with van der Waals surface area (Å²) in [6, 6.07) is -1.13. The molecule has 8 nitrogen and oxygen atoms in total. The lowest BCUT2D eigenvalue weighted by atomic mass is 9.94. The third-order valence-electron chi connectivity index (χ3n) is 6.44. The fourth-order valence-electron chi connectivity index (χ4n) is 3.31. The molecule has 1 rings (SSSR count). The normalized spacial score (nSPS) is 14.7. The van der Waals surface area contributed by atoms with Crippen LogP contribution in [-0.4, -0.2) is 97.2 Å². The summed E-state index contributed by atoms with van der Waals surface area (Å²) in [5.74, 6) is -78.1. The molecule has 0 saturated carbocycles. The average molecular weight is 856 g/mol. The standard InChI is InChI=1S/C22H12F24N2O6/c23-11(24)15(31,32)19(39,40)21(43,44)17(35,36)13(27,28)3-51-7-1-5(9(49)53-47)6(10(50)54-48)2-8(7)52-4-14(29,30)18(37,38)22(45,46)20(41,42)16(33,34)12(25)26/h1-2,11-12H,3-4,47-48H2. The molecule has 0 saturated heterocycles. The molecule has 0 aliphatic rings. The Morgan fingerprint density at radius 1 is 0.463 bits per heavy atom. The molecule has 32 heteroatoms. The Kier molecular flexibility index (Phi) is 13.0. The van der Waals surface area contributed by atoms with Crippen LogP contribution in [0.3, 0.4) is 0 Å². The number of hydrogen-bond acceptors (Lipinski definition) is 8. The highest BCUT2D eigenvalue weighted by molar-refractivity contribution is 6.03. The number of hydrogen-bond donors (Lipinski definition) is 2. The van der Waals surface area contributed by atoms with Crippen molar-refractivity contribution >= 4 is 11.9 Å². The molecular weight excluding hydrogens is 844 g/mol. The Balaban J connectivity index is 3.88. The van der Waals surface area contributed by atoms with Crippen LogP contribution < -0.4 is 21.3 Å². The van der Waals surface area contributed by atoms with E-state index in [-0.39, 0.29) is 0 Å². The smallest absolute Gasteiger partial charge is 0.384 e. The van der Waals surface area contributed by atoms with Gasteiger partial charge in [-0.25, -0.2) is 27.2 Å². The zero-order chi connectivity index (χ0) is 43.3. The number of benzene rings is 1. The van der Waals surface area contributed by atoms with E-state index in [1.54, 1.807) is 0 Å². The first kappa shape index (κ1) is 48.0. The third-order valence-corrected chi connectivity index (χ3v) is 6.44. The first-order chi connectivity index (χ1) is 23.8. The first-order valence-corrected chi connectivity index (χ1v) is 12.4. The van der Waals surface area contributed by atoms with Gasteiger partial charge >= 0.3 is 84.0 Å². The monoisotopic (exact) mass is 856 g/mol. The van der Waals surface area contributed by atoms with Crippen molar-refractivity contribution in [1.29, 1.82) is 0 Å². The molecule has 0 aliphatic heterocycles. The molecule has 4 N–H and O–H groups in total. The van der Waals surface area contributed by atoms with Gasteiger partial charge in [-0.1, -0.05) is 0 Å². The van der Waals surface area contributed by atoms with Gasteiger partial charge in [0.15, 0.2) is 24.7 Å². The van der Waals surface area contributed by atoms with Crippen molar-refractivity contribution in [3.8, 4) is 11.5 Å². The van der Waals surface area contributed by atoms with Gasteiger partial charge in [-0.15, -0.1) is 0 Å². The number of alkyl halides is 24. The molecule has 0 amide bonds. The van der Waals surface area contributed by atoms with Crippen LogP contribution in [-0.2, 0) is 9.68 Å². The van der Waals surface area contributed by atoms with E-state index in [4.69, 9.17) is 0 Å². The fraction of sp³-hybridized carbons (Fsp3) is 0.636. The number of nitrogens with two attached hydrogens (primary N) is 2. The van der Waals surface area contributed by atoms with Crippen LogP contribution in [0.25, 0.3) is 0 Å². The lowest BCUT2D eigenvalue weighted by molar-refractivity contribution is -0.414. The zero-order valence-corrected chi connectivity index (χ0v) is 24.4. The van der Waals surface area contributed by atoms with Crippen LogP contribution in [0.15, 0.2) is 12.1 Å². The van der Waals surface area contributed by atoms with Crippen molar-refractivity contribution in [2.45, 2.75) is 72.1 Å². The summed E-state index contributed by atoms with van der Waals surface area (Å²) >= 11 is 0. The van der Waals surface area contributed by atoms with E-state index >= 15 is 0 Å². The number of rotatable bonds is 18. The van der Waals surface area contributed by atoms with Crippen LogP contribution in [0.1, 0.15) is 20.7 Å². The predicted molar refractivity (Wildman–Crippen MR) is 118 cm³/mol. The maximum absolute atomic E-state index is 14.3. The summed E-state index contributed by atoms with van der Waals surface area (Å²) in [4.78, 5) is 30.8. The van der Waals surface area contributed by atoms with Crippen LogP contribution in [0.4, 0.5) is 105 Å². The van der Waals surface area contributed by atoms with Gasteiger partial charge in [-0.05, 0) is 12.1 Å². The SMILES string of the molecule is NOC(=O)c1cc(OCC(F)(F)C(F)(F)C(F)(F)C(F)(F)C(F)(F)C(F)F)c(OCC(F)(F)C(F)(F)C(F)(F)C(F)(F)C(F)(F)C(F)F)cc1C(=O)ON. The summed E-state index contributed by atoms with van der Waals surface area (Å²) in [7, 11) is 0. The molecule has 0 aliphatic carbocycles. The molecule has 0 bridgehead atoms. The summed E-state index contributed by atoms with van der Waals surface area (Å²) in [5.41, 5.74) is -3.45. The second-order valence-electron chi connectivity index (χ2n) is 9.94. The number of ether oxygens (including phenoxy) is 2. The summed E-state index contributed by atoms with van der Waals surface area (Å²) in [5, 5.41) is 0. The van der Waals surface area contributed by atoms with Crippen LogP contribution in [0, 0.1) is 0 Å². The molecule has 0 fully saturated rings. The van der Waals surface area contributed by atoms with Crippen molar-refractivity contribution in [3.63, 3.8) is 0 Å². The van der Waals surface area contributed by atoms with Crippen LogP contribution >= 0.6 is 0 Å². The lowest BCUT2D eigenvalue weighted by Crippen LogP contribution is -2.69. The summed E-state index contributed by atoms with van der Waals surface area (Å²) in [6.45, 7) is -7.50. The molecule has 54 heavy (non-hydrogen) atoms. The van der Waals surface area contributed by atoms with Crippen molar-refractivity contribution < 1.29 is 134 Å². The molecule has 0 radical (unpaired) electrons. The van der Waals surface area contributed by atoms with Crippen LogP contribution in [0.5, 0.6) is 11.5 Å². The molecule has 0 atom stereocenters. The average Bonchev–Trinajstić information content (AvgIpc) is 3.04. The number of carbonyl (C=O) groups is 2. The molecule has 1 aromatic carbocycles. The highest BCUT2D eigenvalue weighted by Gasteiger charge is 2.89. The van der Waals surface area contributed by atoms with E-state index in [9.17, 15) is 115 Å². The Morgan fingerprint density at radius 3 is 0.907 bits per heavy atom. The minimum absolute atomic E-state index is 0.565. The van der Waals surface area contributed by atoms with E-state index in [0.29, 0.717) is 0 Å². The molecule has 0 aromatic heterocycles. The molecule has 1 aromatic rings.